The zero-order valence-corrected chi connectivity index (χ0v) is 10.9. The lowest BCUT2D eigenvalue weighted by Crippen LogP contribution is -2.36. The van der Waals surface area contributed by atoms with Crippen molar-refractivity contribution in [3.8, 4) is 0 Å². The molecule has 3 aliphatic rings. The highest BCUT2D eigenvalue weighted by Gasteiger charge is 2.33. The zero-order valence-electron chi connectivity index (χ0n) is 10.1. The van der Waals surface area contributed by atoms with Gasteiger partial charge >= 0.3 is 0 Å². The Morgan fingerprint density at radius 1 is 1.38 bits per heavy atom. The third kappa shape index (κ3) is 2.05. The Morgan fingerprint density at radius 3 is 3.00 bits per heavy atom. The maximum atomic E-state index is 6.01. The minimum atomic E-state index is 0.409. The van der Waals surface area contributed by atoms with Gasteiger partial charge in [-0.05, 0) is 42.3 Å². The Balaban J connectivity index is 1.71. The van der Waals surface area contributed by atoms with Gasteiger partial charge in [0.25, 0.3) is 0 Å². The quantitative estimate of drug-likeness (QED) is 0.734. The molecule has 0 saturated carbocycles. The molecular weight excluding hydrogens is 218 g/mol. The van der Waals surface area contributed by atoms with Crippen molar-refractivity contribution < 1.29 is 4.74 Å². The molecule has 90 valence electrons. The Hall–Kier alpha value is 0.01000. The molecule has 3 rings (SSSR count). The molecule has 0 aliphatic carbocycles. The molecule has 2 nitrogen and oxygen atoms in total. The second-order valence-electron chi connectivity index (χ2n) is 5.21. The largest absolute Gasteiger partial charge is 0.372 e. The summed E-state index contributed by atoms with van der Waals surface area (Å²) in [5, 5.41) is 0. The van der Waals surface area contributed by atoms with Crippen molar-refractivity contribution in [1.82, 2.24) is 4.90 Å². The van der Waals surface area contributed by atoms with Gasteiger partial charge in [-0.15, -0.1) is 11.8 Å². The van der Waals surface area contributed by atoms with Gasteiger partial charge in [0.1, 0.15) is 0 Å². The van der Waals surface area contributed by atoms with E-state index < -0.39 is 0 Å². The van der Waals surface area contributed by atoms with E-state index in [0.717, 1.165) is 19.1 Å². The summed E-state index contributed by atoms with van der Waals surface area (Å²) in [7, 11) is 0. The lowest BCUT2D eigenvalue weighted by molar-refractivity contribution is 0.0422. The minimum absolute atomic E-state index is 0.409. The highest BCUT2D eigenvalue weighted by Crippen LogP contribution is 2.42. The van der Waals surface area contributed by atoms with Crippen LogP contribution < -0.4 is 0 Å². The van der Waals surface area contributed by atoms with E-state index in [1.54, 1.807) is 10.5 Å². The van der Waals surface area contributed by atoms with Crippen LogP contribution in [-0.2, 0) is 4.74 Å². The second-order valence-corrected chi connectivity index (χ2v) is 6.32. The van der Waals surface area contributed by atoms with E-state index in [9.17, 15) is 0 Å². The zero-order chi connectivity index (χ0) is 11.0. The van der Waals surface area contributed by atoms with Crippen LogP contribution in [0.15, 0.2) is 10.5 Å². The Bertz CT molecular complexity index is 296. The SMILES string of the molecule is CC1CSC2=C1[C@H](CN1CCCC1)OCC2. The van der Waals surface area contributed by atoms with Crippen LogP contribution in [0.3, 0.4) is 0 Å². The van der Waals surface area contributed by atoms with Crippen LogP contribution in [0.25, 0.3) is 0 Å². The summed E-state index contributed by atoms with van der Waals surface area (Å²) in [5.41, 5.74) is 1.64. The van der Waals surface area contributed by atoms with Gasteiger partial charge in [-0.3, -0.25) is 0 Å². The molecule has 3 heteroatoms. The van der Waals surface area contributed by atoms with Crippen LogP contribution >= 0.6 is 11.8 Å². The van der Waals surface area contributed by atoms with Crippen LogP contribution in [0, 0.1) is 5.92 Å². The van der Waals surface area contributed by atoms with E-state index >= 15 is 0 Å². The number of hydrogen-bond acceptors (Lipinski definition) is 3. The average Bonchev–Trinajstić information content (AvgIpc) is 2.90. The number of thioether (sulfide) groups is 1. The molecule has 1 saturated heterocycles. The predicted molar refractivity (Wildman–Crippen MR) is 68.7 cm³/mol. The summed E-state index contributed by atoms with van der Waals surface area (Å²) in [5.74, 6) is 2.03. The Kier molecular flexibility index (Phi) is 3.27. The molecule has 0 aromatic carbocycles. The fourth-order valence-electron chi connectivity index (χ4n) is 3.12. The Morgan fingerprint density at radius 2 is 2.19 bits per heavy atom. The molecule has 2 atom stereocenters. The average molecular weight is 239 g/mol. The van der Waals surface area contributed by atoms with Crippen LogP contribution in [-0.4, -0.2) is 43.0 Å². The van der Waals surface area contributed by atoms with Gasteiger partial charge in [0.2, 0.25) is 0 Å². The van der Waals surface area contributed by atoms with Crippen molar-refractivity contribution in [1.29, 1.82) is 0 Å². The molecular formula is C13H21NOS. The van der Waals surface area contributed by atoms with Gasteiger partial charge in [-0.1, -0.05) is 6.92 Å². The van der Waals surface area contributed by atoms with Crippen molar-refractivity contribution in [3.05, 3.63) is 10.5 Å². The fourth-order valence-corrected chi connectivity index (χ4v) is 4.48. The number of nitrogens with zero attached hydrogens (tertiary/aromatic N) is 1. The van der Waals surface area contributed by atoms with Crippen LogP contribution in [0.4, 0.5) is 0 Å². The first-order valence-corrected chi connectivity index (χ1v) is 7.53. The van der Waals surface area contributed by atoms with Crippen LogP contribution in [0.5, 0.6) is 0 Å². The van der Waals surface area contributed by atoms with Gasteiger partial charge in [0.15, 0.2) is 0 Å². The van der Waals surface area contributed by atoms with Gasteiger partial charge in [-0.2, -0.15) is 0 Å². The summed E-state index contributed by atoms with van der Waals surface area (Å²) in [6, 6.07) is 0. The molecule has 0 radical (unpaired) electrons. The normalized spacial score (nSPS) is 35.8. The summed E-state index contributed by atoms with van der Waals surface area (Å²) in [6.45, 7) is 7.01. The molecule has 16 heavy (non-hydrogen) atoms. The van der Waals surface area contributed by atoms with Crippen LogP contribution in [0.1, 0.15) is 26.2 Å². The first kappa shape index (κ1) is 11.1. The second kappa shape index (κ2) is 4.71. The molecule has 1 fully saturated rings. The smallest absolute Gasteiger partial charge is 0.0925 e. The van der Waals surface area contributed by atoms with Gasteiger partial charge in [0.05, 0.1) is 12.7 Å². The number of likely N-dealkylation sites (tertiary alicyclic amines) is 1. The fraction of sp³-hybridized carbons (Fsp3) is 0.846. The van der Waals surface area contributed by atoms with Crippen molar-refractivity contribution in [2.75, 3.05) is 32.0 Å². The summed E-state index contributed by atoms with van der Waals surface area (Å²) < 4.78 is 6.01. The van der Waals surface area contributed by atoms with E-state index in [1.165, 1.54) is 38.1 Å². The molecule has 3 heterocycles. The molecule has 0 amide bonds. The van der Waals surface area contributed by atoms with Crippen molar-refractivity contribution in [2.24, 2.45) is 5.92 Å². The standard InChI is InChI=1S/C13H21NOS/c1-10-9-16-12-4-7-15-11(13(10)12)8-14-5-2-3-6-14/h10-11H,2-9H2,1H3/t10?,11-/m0/s1. The molecule has 0 spiro atoms. The Labute approximate surface area is 102 Å². The maximum absolute atomic E-state index is 6.01. The summed E-state index contributed by atoms with van der Waals surface area (Å²) in [6.07, 6.45) is 4.33. The lowest BCUT2D eigenvalue weighted by atomic mass is 9.94. The summed E-state index contributed by atoms with van der Waals surface area (Å²) >= 11 is 2.08. The maximum Gasteiger partial charge on any atom is 0.0925 e. The number of hydrogen-bond donors (Lipinski definition) is 0. The summed E-state index contributed by atoms with van der Waals surface area (Å²) in [4.78, 5) is 4.24. The van der Waals surface area contributed by atoms with E-state index in [1.807, 2.05) is 0 Å². The highest BCUT2D eigenvalue weighted by molar-refractivity contribution is 8.03. The predicted octanol–water partition coefficient (Wildman–Crippen LogP) is 2.51. The topological polar surface area (TPSA) is 12.5 Å². The highest BCUT2D eigenvalue weighted by atomic mass is 32.2. The molecule has 0 aromatic heterocycles. The molecule has 0 N–H and O–H groups in total. The van der Waals surface area contributed by atoms with Crippen LogP contribution in [0.2, 0.25) is 0 Å². The molecule has 1 unspecified atom stereocenters. The van der Waals surface area contributed by atoms with E-state index in [-0.39, 0.29) is 0 Å². The third-order valence-corrected chi connectivity index (χ3v) is 5.43. The molecule has 3 aliphatic heterocycles. The van der Waals surface area contributed by atoms with Crippen molar-refractivity contribution in [2.45, 2.75) is 32.3 Å². The monoisotopic (exact) mass is 239 g/mol. The first-order valence-electron chi connectivity index (χ1n) is 6.54. The van der Waals surface area contributed by atoms with Crippen molar-refractivity contribution in [3.63, 3.8) is 0 Å². The minimum Gasteiger partial charge on any atom is -0.372 e. The number of rotatable bonds is 2. The first-order chi connectivity index (χ1) is 7.84. The van der Waals surface area contributed by atoms with E-state index in [4.69, 9.17) is 4.74 Å². The van der Waals surface area contributed by atoms with Gasteiger partial charge in [0, 0.05) is 18.7 Å². The molecule has 0 bridgehead atoms. The third-order valence-electron chi connectivity index (χ3n) is 3.98. The number of ether oxygens (including phenoxy) is 1. The van der Waals surface area contributed by atoms with Gasteiger partial charge < -0.3 is 9.64 Å². The van der Waals surface area contributed by atoms with Crippen molar-refractivity contribution >= 4 is 11.8 Å². The molecule has 0 aromatic rings. The lowest BCUT2D eigenvalue weighted by Gasteiger charge is -2.30. The van der Waals surface area contributed by atoms with Gasteiger partial charge in [-0.25, -0.2) is 0 Å². The van der Waals surface area contributed by atoms with E-state index in [2.05, 4.69) is 23.6 Å². The van der Waals surface area contributed by atoms with E-state index in [0.29, 0.717) is 6.10 Å².